The van der Waals surface area contributed by atoms with Crippen molar-refractivity contribution in [2.24, 2.45) is 0 Å². The Morgan fingerprint density at radius 1 is 0.387 bits per heavy atom. The third kappa shape index (κ3) is 6.35. The van der Waals surface area contributed by atoms with Crippen LogP contribution in [0.1, 0.15) is 24.7 Å². The van der Waals surface area contributed by atoms with Crippen molar-refractivity contribution in [1.29, 1.82) is 0 Å². The summed E-state index contributed by atoms with van der Waals surface area (Å²) < 4.78 is 167. The number of furan rings is 1. The number of nitrogens with zero attached hydrogens (tertiary/aromatic N) is 3. The van der Waals surface area contributed by atoms with Crippen LogP contribution in [0.3, 0.4) is 0 Å². The summed E-state index contributed by atoms with van der Waals surface area (Å²) in [6.45, 7) is 0. The standard InChI is InChI=1S/C57H35N3OS/c1-3-12-36(13-4-1)37-24-26-38(27-25-37)42-16-9-17-43(34-42)39-28-30-41(31-29-39)55-58-56(44-32-33-52-49(35-44)46-18-7-8-23-51(46)62-52)60-57(59-55)48-21-11-22-50-53(48)47-20-10-19-45(54(47)61-50)40-14-5-2-6-15-40/h1-35H/i2D,5D,6D,7D,8D,10D,11D,14D,15D,18D,19D,20D,21D,22D,23D,32D,33D,35D. The van der Waals surface area contributed by atoms with Crippen LogP contribution in [0.15, 0.2) is 216 Å². The summed E-state index contributed by atoms with van der Waals surface area (Å²) in [5.74, 6) is -0.999. The molecule has 9 aromatic carbocycles. The Morgan fingerprint density at radius 3 is 1.74 bits per heavy atom. The molecule has 290 valence electrons. The molecule has 5 heteroatoms. The van der Waals surface area contributed by atoms with E-state index in [4.69, 9.17) is 37.2 Å². The second kappa shape index (κ2) is 14.9. The molecule has 0 radical (unpaired) electrons. The lowest BCUT2D eigenvalue weighted by atomic mass is 9.97. The summed E-state index contributed by atoms with van der Waals surface area (Å²) in [4.78, 5) is 14.3. The van der Waals surface area contributed by atoms with Crippen LogP contribution >= 0.6 is 11.3 Å². The van der Waals surface area contributed by atoms with Gasteiger partial charge < -0.3 is 4.42 Å². The molecule has 0 fully saturated rings. The second-order valence-corrected chi connectivity index (χ2v) is 15.2. The van der Waals surface area contributed by atoms with E-state index in [-0.39, 0.29) is 47.9 Å². The van der Waals surface area contributed by atoms with Crippen LogP contribution in [0.25, 0.3) is 121 Å². The summed E-state index contributed by atoms with van der Waals surface area (Å²) in [6, 6.07) is 21.7. The molecular formula is C57H35N3OS. The van der Waals surface area contributed by atoms with Crippen molar-refractivity contribution in [1.82, 2.24) is 15.0 Å². The molecule has 0 N–H and O–H groups in total. The van der Waals surface area contributed by atoms with Gasteiger partial charge in [0.05, 0.1) is 24.7 Å². The maximum atomic E-state index is 9.69. The van der Waals surface area contributed by atoms with Gasteiger partial charge in [-0.15, -0.1) is 11.3 Å². The molecule has 62 heavy (non-hydrogen) atoms. The lowest BCUT2D eigenvalue weighted by molar-refractivity contribution is 0.670. The van der Waals surface area contributed by atoms with Crippen LogP contribution in [-0.2, 0) is 0 Å². The molecule has 12 rings (SSSR count). The molecule has 0 amide bonds. The highest BCUT2D eigenvalue weighted by molar-refractivity contribution is 7.25. The van der Waals surface area contributed by atoms with Crippen molar-refractivity contribution in [2.75, 3.05) is 0 Å². The van der Waals surface area contributed by atoms with Gasteiger partial charge in [0.15, 0.2) is 17.5 Å². The van der Waals surface area contributed by atoms with Gasteiger partial charge in [-0.25, -0.2) is 15.0 Å². The summed E-state index contributed by atoms with van der Waals surface area (Å²) in [7, 11) is 0. The SMILES string of the molecule is [2H]c1c([2H])c([2H])c(-c2c([2H])c([2H])c([2H])c3c2oc2c([2H])c([2H])c([2H])c(-c4nc(-c5ccc(-c6cccc(-c7ccc(-c8ccccc8)cc7)c6)cc5)nc(-c5c([2H])c([2H])c6sc7c([2H])c([2H])c([2H])c([2H])c7c6c5[2H])n4)c23)c([2H])c1[2H]. The van der Waals surface area contributed by atoms with Crippen molar-refractivity contribution in [3.05, 3.63) is 212 Å². The van der Waals surface area contributed by atoms with E-state index < -0.39 is 143 Å². The molecule has 3 heterocycles. The molecule has 0 bridgehead atoms. The first-order chi connectivity index (χ1) is 38.2. The zero-order chi connectivity index (χ0) is 56.7. The highest BCUT2D eigenvalue weighted by Gasteiger charge is 2.20. The number of hydrogen-bond acceptors (Lipinski definition) is 5. The smallest absolute Gasteiger partial charge is 0.164 e. The summed E-state index contributed by atoms with van der Waals surface area (Å²) >= 11 is 0.833. The molecule has 4 nitrogen and oxygen atoms in total. The van der Waals surface area contributed by atoms with Crippen molar-refractivity contribution in [3.63, 3.8) is 0 Å². The van der Waals surface area contributed by atoms with Crippen molar-refractivity contribution < 1.29 is 29.1 Å². The number of para-hydroxylation sites is 1. The molecular weight excluding hydrogens is 775 g/mol. The van der Waals surface area contributed by atoms with Crippen molar-refractivity contribution in [2.45, 2.75) is 0 Å². The maximum absolute atomic E-state index is 9.69. The van der Waals surface area contributed by atoms with Gasteiger partial charge in [0, 0.05) is 53.2 Å². The fourth-order valence-corrected chi connectivity index (χ4v) is 8.44. The van der Waals surface area contributed by atoms with Crippen LogP contribution in [-0.4, -0.2) is 15.0 Å². The highest BCUT2D eigenvalue weighted by atomic mass is 32.1. The maximum Gasteiger partial charge on any atom is 0.164 e. The number of benzene rings is 9. The van der Waals surface area contributed by atoms with Gasteiger partial charge in [-0.2, -0.15) is 0 Å². The molecule has 0 aliphatic carbocycles. The van der Waals surface area contributed by atoms with E-state index in [1.54, 1.807) is 12.1 Å². The van der Waals surface area contributed by atoms with E-state index in [2.05, 4.69) is 24.3 Å². The molecule has 0 saturated heterocycles. The van der Waals surface area contributed by atoms with Crippen LogP contribution in [0.2, 0.25) is 0 Å². The van der Waals surface area contributed by atoms with Crippen molar-refractivity contribution in [3.8, 4) is 78.7 Å². The Hall–Kier alpha value is -7.99. The first-order valence-electron chi connectivity index (χ1n) is 28.3. The zero-order valence-corrected chi connectivity index (χ0v) is 32.8. The third-order valence-corrected chi connectivity index (χ3v) is 11.5. The molecule has 0 aliphatic heterocycles. The minimum atomic E-state index is -0.778. The zero-order valence-electron chi connectivity index (χ0n) is 50.0. The molecule has 3 aromatic heterocycles. The third-order valence-electron chi connectivity index (χ3n) is 10.5. The Kier molecular flexibility index (Phi) is 5.30. The van der Waals surface area contributed by atoms with E-state index in [1.807, 2.05) is 66.7 Å². The average Bonchev–Trinajstić information content (AvgIpc) is 2.85. The van der Waals surface area contributed by atoms with E-state index in [0.717, 1.165) is 44.7 Å². The normalized spacial score (nSPS) is 15.6. The van der Waals surface area contributed by atoms with Gasteiger partial charge in [-0.05, 0) is 75.2 Å². The number of hydrogen-bond donors (Lipinski definition) is 0. The van der Waals surface area contributed by atoms with E-state index >= 15 is 0 Å². The van der Waals surface area contributed by atoms with E-state index in [0.29, 0.717) is 5.56 Å². The van der Waals surface area contributed by atoms with Crippen LogP contribution < -0.4 is 0 Å². The van der Waals surface area contributed by atoms with Gasteiger partial charge in [0.25, 0.3) is 0 Å². The fraction of sp³-hybridized carbons (Fsp3) is 0. The minimum absolute atomic E-state index is 0.0341. The summed E-state index contributed by atoms with van der Waals surface area (Å²) in [6.07, 6.45) is 0. The van der Waals surface area contributed by atoms with Crippen molar-refractivity contribution >= 4 is 53.4 Å². The lowest BCUT2D eigenvalue weighted by Gasteiger charge is -2.11. The topological polar surface area (TPSA) is 51.8 Å². The first kappa shape index (κ1) is 22.0. The Bertz CT molecular complexity index is 4650. The molecule has 0 spiro atoms. The van der Waals surface area contributed by atoms with Crippen LogP contribution in [0, 0.1) is 0 Å². The largest absolute Gasteiger partial charge is 0.455 e. The number of thiophene rings is 1. The lowest BCUT2D eigenvalue weighted by Crippen LogP contribution is -2.00. The molecule has 0 atom stereocenters. The molecule has 12 aromatic rings. The summed E-state index contributed by atoms with van der Waals surface area (Å²) in [5.41, 5.74) is 3.36. The average molecular weight is 828 g/mol. The first-order valence-corrected chi connectivity index (χ1v) is 20.1. The van der Waals surface area contributed by atoms with Gasteiger partial charge in [-0.3, -0.25) is 0 Å². The number of rotatable bonds is 7. The van der Waals surface area contributed by atoms with Crippen LogP contribution in [0.5, 0.6) is 0 Å². The van der Waals surface area contributed by atoms with E-state index in [9.17, 15) is 6.85 Å². The van der Waals surface area contributed by atoms with Gasteiger partial charge >= 0.3 is 0 Å². The number of aromatic nitrogens is 3. The molecule has 0 saturated carbocycles. The molecule has 0 unspecified atom stereocenters. The van der Waals surface area contributed by atoms with Crippen LogP contribution in [0.4, 0.5) is 0 Å². The monoisotopic (exact) mass is 827 g/mol. The fourth-order valence-electron chi connectivity index (χ4n) is 7.52. The summed E-state index contributed by atoms with van der Waals surface area (Å²) in [5, 5.41) is -0.769. The Morgan fingerprint density at radius 2 is 0.968 bits per heavy atom. The predicted molar refractivity (Wildman–Crippen MR) is 258 cm³/mol. The number of fused-ring (bicyclic) bond motifs is 6. The Labute approximate surface area is 387 Å². The second-order valence-electron chi connectivity index (χ2n) is 14.2. The van der Waals surface area contributed by atoms with Gasteiger partial charge in [-0.1, -0.05) is 176 Å². The highest BCUT2D eigenvalue weighted by Crippen LogP contribution is 2.41. The minimum Gasteiger partial charge on any atom is -0.455 e. The Balaban J connectivity index is 1.10. The van der Waals surface area contributed by atoms with Gasteiger partial charge in [0.1, 0.15) is 11.2 Å². The molecule has 0 aliphatic rings. The predicted octanol–water partition coefficient (Wildman–Crippen LogP) is 15.8. The quantitative estimate of drug-likeness (QED) is 0.161. The van der Waals surface area contributed by atoms with E-state index in [1.165, 1.54) is 0 Å². The van der Waals surface area contributed by atoms with Gasteiger partial charge in [0.2, 0.25) is 0 Å².